The monoisotopic (exact) mass is 290 g/mol. The number of rotatable bonds is 4. The largest absolute Gasteiger partial charge is 0.480 e. The molecular weight excluding hydrogens is 268 g/mol. The maximum atomic E-state index is 12.4. The fourth-order valence-electron chi connectivity index (χ4n) is 2.66. The standard InChI is InChI=1S/C16H22N2O3/c1-11(15(19)17(3)12(2)16(20)21)18-9-8-13-6-4-5-7-14(13)10-18/h4-7,11-12H,8-10H2,1-3H3,(H,20,21)/t11-,12-/m0/s1. The van der Waals surface area contributed by atoms with Gasteiger partial charge in [0.1, 0.15) is 6.04 Å². The molecule has 0 bridgehead atoms. The highest BCUT2D eigenvalue weighted by atomic mass is 16.4. The Kier molecular flexibility index (Phi) is 4.63. The number of nitrogens with zero attached hydrogens (tertiary/aromatic N) is 2. The van der Waals surface area contributed by atoms with Crippen molar-refractivity contribution in [1.82, 2.24) is 9.80 Å². The molecule has 1 aromatic rings. The van der Waals surface area contributed by atoms with Gasteiger partial charge in [-0.15, -0.1) is 0 Å². The number of hydrogen-bond acceptors (Lipinski definition) is 3. The highest BCUT2D eigenvalue weighted by molar-refractivity contribution is 5.86. The number of amides is 1. The van der Waals surface area contributed by atoms with Crippen molar-refractivity contribution >= 4 is 11.9 Å². The Labute approximate surface area is 125 Å². The van der Waals surface area contributed by atoms with Gasteiger partial charge in [0.25, 0.3) is 0 Å². The summed E-state index contributed by atoms with van der Waals surface area (Å²) in [4.78, 5) is 26.8. The zero-order valence-corrected chi connectivity index (χ0v) is 12.7. The minimum atomic E-state index is -0.984. The van der Waals surface area contributed by atoms with E-state index in [1.165, 1.54) is 23.0 Å². The Hall–Kier alpha value is -1.88. The number of carbonyl (C=O) groups excluding carboxylic acids is 1. The lowest BCUT2D eigenvalue weighted by Gasteiger charge is -2.35. The van der Waals surface area contributed by atoms with Crippen molar-refractivity contribution in [2.45, 2.75) is 38.9 Å². The molecule has 0 fully saturated rings. The quantitative estimate of drug-likeness (QED) is 0.909. The molecule has 0 unspecified atom stereocenters. The molecule has 0 saturated heterocycles. The van der Waals surface area contributed by atoms with Gasteiger partial charge in [-0.1, -0.05) is 24.3 Å². The molecule has 0 radical (unpaired) electrons. The maximum Gasteiger partial charge on any atom is 0.326 e. The van der Waals surface area contributed by atoms with Crippen LogP contribution in [0.15, 0.2) is 24.3 Å². The first kappa shape index (κ1) is 15.5. The molecule has 0 aliphatic carbocycles. The topological polar surface area (TPSA) is 60.9 Å². The first-order valence-corrected chi connectivity index (χ1v) is 7.22. The Morgan fingerprint density at radius 3 is 2.48 bits per heavy atom. The Morgan fingerprint density at radius 2 is 1.86 bits per heavy atom. The van der Waals surface area contributed by atoms with E-state index in [-0.39, 0.29) is 11.9 Å². The molecule has 1 amide bonds. The van der Waals surface area contributed by atoms with E-state index in [4.69, 9.17) is 5.11 Å². The number of aliphatic carboxylic acids is 1. The average Bonchev–Trinajstić information content (AvgIpc) is 2.51. The molecule has 114 valence electrons. The summed E-state index contributed by atoms with van der Waals surface area (Å²) in [6.45, 7) is 4.93. The van der Waals surface area contributed by atoms with Crippen molar-refractivity contribution in [3.63, 3.8) is 0 Å². The van der Waals surface area contributed by atoms with Crippen LogP contribution >= 0.6 is 0 Å². The van der Waals surface area contributed by atoms with E-state index in [9.17, 15) is 9.59 Å². The zero-order valence-electron chi connectivity index (χ0n) is 12.7. The highest BCUT2D eigenvalue weighted by Gasteiger charge is 2.30. The van der Waals surface area contributed by atoms with Crippen LogP contribution in [0.5, 0.6) is 0 Å². The molecule has 1 heterocycles. The Balaban J connectivity index is 2.06. The van der Waals surface area contributed by atoms with Crippen molar-refractivity contribution < 1.29 is 14.7 Å². The molecule has 1 aromatic carbocycles. The lowest BCUT2D eigenvalue weighted by Crippen LogP contribution is -2.51. The van der Waals surface area contributed by atoms with Gasteiger partial charge in [-0.2, -0.15) is 0 Å². The van der Waals surface area contributed by atoms with Crippen LogP contribution in [0.25, 0.3) is 0 Å². The molecule has 1 aliphatic rings. The number of fused-ring (bicyclic) bond motifs is 1. The summed E-state index contributed by atoms with van der Waals surface area (Å²) >= 11 is 0. The van der Waals surface area contributed by atoms with Crippen LogP contribution in [0, 0.1) is 0 Å². The van der Waals surface area contributed by atoms with Crippen molar-refractivity contribution in [3.8, 4) is 0 Å². The molecule has 0 spiro atoms. The van der Waals surface area contributed by atoms with Crippen LogP contribution in [0.1, 0.15) is 25.0 Å². The number of likely N-dealkylation sites (N-methyl/N-ethyl adjacent to an activating group) is 1. The maximum absolute atomic E-state index is 12.4. The molecule has 0 saturated carbocycles. The Bertz CT molecular complexity index is 544. The zero-order chi connectivity index (χ0) is 15.6. The number of hydrogen-bond donors (Lipinski definition) is 1. The van der Waals surface area contributed by atoms with E-state index >= 15 is 0 Å². The van der Waals surface area contributed by atoms with Gasteiger partial charge in [0.2, 0.25) is 5.91 Å². The molecule has 1 aliphatic heterocycles. The number of carbonyl (C=O) groups is 2. The normalized spacial score (nSPS) is 17.7. The van der Waals surface area contributed by atoms with Crippen molar-refractivity contribution in [2.24, 2.45) is 0 Å². The molecule has 2 atom stereocenters. The molecular formula is C16H22N2O3. The third-order valence-electron chi connectivity index (χ3n) is 4.35. The van der Waals surface area contributed by atoms with Gasteiger partial charge in [0.05, 0.1) is 6.04 Å². The summed E-state index contributed by atoms with van der Waals surface area (Å²) in [5, 5.41) is 9.02. The fourth-order valence-corrected chi connectivity index (χ4v) is 2.66. The minimum absolute atomic E-state index is 0.149. The van der Waals surface area contributed by atoms with Crippen molar-refractivity contribution in [3.05, 3.63) is 35.4 Å². The molecule has 2 rings (SSSR count). The van der Waals surface area contributed by atoms with Gasteiger partial charge in [-0.25, -0.2) is 4.79 Å². The van der Waals surface area contributed by atoms with Gasteiger partial charge in [0, 0.05) is 20.1 Å². The van der Waals surface area contributed by atoms with Gasteiger partial charge >= 0.3 is 5.97 Å². The smallest absolute Gasteiger partial charge is 0.326 e. The van der Waals surface area contributed by atoms with Gasteiger partial charge in [-0.05, 0) is 31.4 Å². The lowest BCUT2D eigenvalue weighted by atomic mass is 9.98. The van der Waals surface area contributed by atoms with Crippen LogP contribution in [0.3, 0.4) is 0 Å². The van der Waals surface area contributed by atoms with E-state index in [2.05, 4.69) is 17.0 Å². The number of benzene rings is 1. The van der Waals surface area contributed by atoms with Crippen LogP contribution in [0.2, 0.25) is 0 Å². The predicted molar refractivity (Wildman–Crippen MR) is 79.9 cm³/mol. The highest BCUT2D eigenvalue weighted by Crippen LogP contribution is 2.21. The van der Waals surface area contributed by atoms with E-state index in [1.54, 1.807) is 7.05 Å². The van der Waals surface area contributed by atoms with Crippen LogP contribution in [-0.2, 0) is 22.6 Å². The summed E-state index contributed by atoms with van der Waals surface area (Å²) in [6, 6.07) is 7.13. The second-order valence-electron chi connectivity index (χ2n) is 5.63. The van der Waals surface area contributed by atoms with Gasteiger partial charge < -0.3 is 10.0 Å². The van der Waals surface area contributed by atoms with E-state index < -0.39 is 12.0 Å². The number of carboxylic acids is 1. The van der Waals surface area contributed by atoms with E-state index in [0.717, 1.165) is 19.5 Å². The second-order valence-corrected chi connectivity index (χ2v) is 5.63. The van der Waals surface area contributed by atoms with Crippen molar-refractivity contribution in [2.75, 3.05) is 13.6 Å². The third-order valence-corrected chi connectivity index (χ3v) is 4.35. The summed E-state index contributed by atoms with van der Waals surface area (Å²) in [6.07, 6.45) is 0.923. The van der Waals surface area contributed by atoms with Gasteiger partial charge in [0.15, 0.2) is 0 Å². The van der Waals surface area contributed by atoms with Crippen LogP contribution in [-0.4, -0.2) is 52.5 Å². The predicted octanol–water partition coefficient (Wildman–Crippen LogP) is 1.36. The first-order valence-electron chi connectivity index (χ1n) is 7.22. The third kappa shape index (κ3) is 3.24. The molecule has 5 heteroatoms. The molecule has 0 aromatic heterocycles. The molecule has 5 nitrogen and oxygen atoms in total. The SMILES string of the molecule is C[C@@H](C(=O)N(C)[C@@H](C)C(=O)O)N1CCc2ccccc2C1. The van der Waals surface area contributed by atoms with Gasteiger partial charge in [-0.3, -0.25) is 9.69 Å². The lowest BCUT2D eigenvalue weighted by molar-refractivity contribution is -0.150. The van der Waals surface area contributed by atoms with Crippen LogP contribution in [0.4, 0.5) is 0 Å². The molecule has 1 N–H and O–H groups in total. The fraction of sp³-hybridized carbons (Fsp3) is 0.500. The first-order chi connectivity index (χ1) is 9.91. The average molecular weight is 290 g/mol. The summed E-state index contributed by atoms with van der Waals surface area (Å²) in [5.74, 6) is -1.13. The van der Waals surface area contributed by atoms with Crippen molar-refractivity contribution in [1.29, 1.82) is 0 Å². The number of carboxylic acid groups (broad SMARTS) is 1. The molecule has 21 heavy (non-hydrogen) atoms. The van der Waals surface area contributed by atoms with E-state index in [1.807, 2.05) is 19.1 Å². The summed E-state index contributed by atoms with van der Waals surface area (Å²) in [5.41, 5.74) is 2.58. The summed E-state index contributed by atoms with van der Waals surface area (Å²) < 4.78 is 0. The van der Waals surface area contributed by atoms with Crippen LogP contribution < -0.4 is 0 Å². The minimum Gasteiger partial charge on any atom is -0.480 e. The Morgan fingerprint density at radius 1 is 1.24 bits per heavy atom. The summed E-state index contributed by atoms with van der Waals surface area (Å²) in [7, 11) is 1.55. The second kappa shape index (κ2) is 6.26. The van der Waals surface area contributed by atoms with E-state index in [0.29, 0.717) is 0 Å².